The second kappa shape index (κ2) is 6.56. The highest BCUT2D eigenvalue weighted by atomic mass is 19.4. The van der Waals surface area contributed by atoms with Crippen molar-refractivity contribution in [2.45, 2.75) is 44.6 Å². The summed E-state index contributed by atoms with van der Waals surface area (Å²) in [6, 6.07) is 0. The van der Waals surface area contributed by atoms with Crippen LogP contribution in [0.3, 0.4) is 0 Å². The van der Waals surface area contributed by atoms with E-state index in [4.69, 9.17) is 4.74 Å². The minimum absolute atomic E-state index is 0.0520. The summed E-state index contributed by atoms with van der Waals surface area (Å²) in [7, 11) is 3.11. The van der Waals surface area contributed by atoms with Crippen LogP contribution in [0.1, 0.15) is 26.7 Å². The van der Waals surface area contributed by atoms with E-state index >= 15 is 0 Å². The zero-order valence-corrected chi connectivity index (χ0v) is 10.8. The second-order valence-electron chi connectivity index (χ2n) is 4.78. The van der Waals surface area contributed by atoms with E-state index < -0.39 is 24.3 Å². The van der Waals surface area contributed by atoms with Crippen LogP contribution in [0.5, 0.6) is 0 Å². The van der Waals surface area contributed by atoms with Crippen molar-refractivity contribution < 1.29 is 23.0 Å². The van der Waals surface area contributed by atoms with Gasteiger partial charge in [0.2, 0.25) is 0 Å². The molecule has 0 aromatic rings. The number of methoxy groups -OCH3 is 1. The van der Waals surface area contributed by atoms with Crippen LogP contribution >= 0.6 is 0 Å². The number of hydrogen-bond acceptors (Lipinski definition) is 3. The van der Waals surface area contributed by atoms with Gasteiger partial charge in [0, 0.05) is 20.2 Å². The number of alkyl halides is 3. The molecule has 0 bridgehead atoms. The summed E-state index contributed by atoms with van der Waals surface area (Å²) < 4.78 is 41.0. The fourth-order valence-electron chi connectivity index (χ4n) is 1.26. The molecule has 0 saturated heterocycles. The topological polar surface area (TPSA) is 32.7 Å². The van der Waals surface area contributed by atoms with Crippen LogP contribution in [0.25, 0.3) is 0 Å². The van der Waals surface area contributed by atoms with Crippen molar-refractivity contribution in [2.75, 3.05) is 27.2 Å². The molecular weight excluding hydrogens is 235 g/mol. The van der Waals surface area contributed by atoms with E-state index in [0.717, 1.165) is 0 Å². The Morgan fingerprint density at radius 3 is 2.18 bits per heavy atom. The maximum absolute atomic E-state index is 12.0. The van der Waals surface area contributed by atoms with Crippen molar-refractivity contribution in [3.63, 3.8) is 0 Å². The molecule has 0 amide bonds. The van der Waals surface area contributed by atoms with Crippen molar-refractivity contribution >= 4 is 0 Å². The van der Waals surface area contributed by atoms with Crippen molar-refractivity contribution in [1.82, 2.24) is 4.90 Å². The summed E-state index contributed by atoms with van der Waals surface area (Å²) in [5, 5.41) is 9.78. The first-order chi connectivity index (χ1) is 7.58. The van der Waals surface area contributed by atoms with Crippen LogP contribution in [0.2, 0.25) is 0 Å². The summed E-state index contributed by atoms with van der Waals surface area (Å²) in [5.41, 5.74) is -0.676. The molecule has 0 aromatic heterocycles. The number of nitrogens with zero attached hydrogens (tertiary/aromatic N) is 1. The Balaban J connectivity index is 3.88. The fourth-order valence-corrected chi connectivity index (χ4v) is 1.26. The van der Waals surface area contributed by atoms with Crippen LogP contribution in [0.4, 0.5) is 13.2 Å². The van der Waals surface area contributed by atoms with Gasteiger partial charge >= 0.3 is 6.18 Å². The number of ether oxygens (including phenoxy) is 1. The van der Waals surface area contributed by atoms with Crippen LogP contribution in [0, 0.1) is 0 Å². The van der Waals surface area contributed by atoms with Crippen LogP contribution in [-0.4, -0.2) is 55.1 Å². The monoisotopic (exact) mass is 257 g/mol. The minimum atomic E-state index is -4.13. The lowest BCUT2D eigenvalue weighted by atomic mass is 9.98. The number of aliphatic hydroxyl groups excluding tert-OH is 1. The van der Waals surface area contributed by atoms with Crippen molar-refractivity contribution in [3.8, 4) is 0 Å². The molecule has 0 aliphatic carbocycles. The molecule has 0 spiro atoms. The third-order valence-corrected chi connectivity index (χ3v) is 2.89. The zero-order valence-electron chi connectivity index (χ0n) is 10.8. The summed E-state index contributed by atoms with van der Waals surface area (Å²) >= 11 is 0. The SMILES string of the molecule is COC(C)(C)C(O)CCN(C)CCC(F)(F)F. The van der Waals surface area contributed by atoms with Gasteiger partial charge in [0.05, 0.1) is 18.1 Å². The minimum Gasteiger partial charge on any atom is -0.390 e. The fraction of sp³-hybridized carbons (Fsp3) is 1.00. The normalized spacial score (nSPS) is 15.4. The Morgan fingerprint density at radius 2 is 1.76 bits per heavy atom. The third-order valence-electron chi connectivity index (χ3n) is 2.89. The van der Waals surface area contributed by atoms with E-state index in [1.54, 1.807) is 25.8 Å². The molecule has 0 saturated carbocycles. The van der Waals surface area contributed by atoms with E-state index in [1.165, 1.54) is 7.11 Å². The number of hydrogen-bond donors (Lipinski definition) is 1. The maximum Gasteiger partial charge on any atom is 0.390 e. The quantitative estimate of drug-likeness (QED) is 0.757. The van der Waals surface area contributed by atoms with Gasteiger partial charge in [-0.3, -0.25) is 0 Å². The molecule has 0 aliphatic heterocycles. The third kappa shape index (κ3) is 7.57. The lowest BCUT2D eigenvalue weighted by Gasteiger charge is -2.30. The highest BCUT2D eigenvalue weighted by Gasteiger charge is 2.29. The van der Waals surface area contributed by atoms with Gasteiger partial charge in [0.15, 0.2) is 0 Å². The molecule has 0 radical (unpaired) electrons. The smallest absolute Gasteiger partial charge is 0.390 e. The number of halogens is 3. The van der Waals surface area contributed by atoms with Gasteiger partial charge in [-0.2, -0.15) is 13.2 Å². The molecule has 6 heteroatoms. The molecule has 1 N–H and O–H groups in total. The van der Waals surface area contributed by atoms with Gasteiger partial charge in [0.25, 0.3) is 0 Å². The molecule has 0 aliphatic rings. The lowest BCUT2D eigenvalue weighted by molar-refractivity contribution is -0.137. The molecule has 17 heavy (non-hydrogen) atoms. The van der Waals surface area contributed by atoms with E-state index in [-0.39, 0.29) is 6.54 Å². The van der Waals surface area contributed by atoms with Gasteiger partial charge in [-0.1, -0.05) is 0 Å². The molecule has 1 unspecified atom stereocenters. The second-order valence-corrected chi connectivity index (χ2v) is 4.78. The average Bonchev–Trinajstić information content (AvgIpc) is 2.21. The first-order valence-corrected chi connectivity index (χ1v) is 5.57. The molecule has 0 heterocycles. The van der Waals surface area contributed by atoms with Gasteiger partial charge in [-0.25, -0.2) is 0 Å². The van der Waals surface area contributed by atoms with Gasteiger partial charge in [0.1, 0.15) is 0 Å². The average molecular weight is 257 g/mol. The predicted octanol–water partition coefficient (Wildman–Crippen LogP) is 2.05. The highest BCUT2D eigenvalue weighted by Crippen LogP contribution is 2.20. The summed E-state index contributed by atoms with van der Waals surface area (Å²) in [6.45, 7) is 3.84. The largest absolute Gasteiger partial charge is 0.390 e. The standard InChI is InChI=1S/C11H22F3NO2/c1-10(2,17-4)9(16)5-7-15(3)8-6-11(12,13)14/h9,16H,5-8H2,1-4H3. The van der Waals surface area contributed by atoms with Gasteiger partial charge in [-0.05, 0) is 27.3 Å². The van der Waals surface area contributed by atoms with Gasteiger partial charge < -0.3 is 14.7 Å². The first-order valence-electron chi connectivity index (χ1n) is 5.57. The van der Waals surface area contributed by atoms with E-state index in [1.807, 2.05) is 0 Å². The molecule has 0 aromatic carbocycles. The predicted molar refractivity (Wildman–Crippen MR) is 59.9 cm³/mol. The Kier molecular flexibility index (Phi) is 6.43. The molecular formula is C11H22F3NO2. The molecule has 104 valence electrons. The van der Waals surface area contributed by atoms with Crippen LogP contribution in [-0.2, 0) is 4.74 Å². The van der Waals surface area contributed by atoms with E-state index in [9.17, 15) is 18.3 Å². The molecule has 3 nitrogen and oxygen atoms in total. The molecule has 1 atom stereocenters. The van der Waals surface area contributed by atoms with Crippen molar-refractivity contribution in [3.05, 3.63) is 0 Å². The van der Waals surface area contributed by atoms with Crippen LogP contribution in [0.15, 0.2) is 0 Å². The van der Waals surface area contributed by atoms with Gasteiger partial charge in [-0.15, -0.1) is 0 Å². The Morgan fingerprint density at radius 1 is 1.24 bits per heavy atom. The Bertz CT molecular complexity index is 219. The maximum atomic E-state index is 12.0. The highest BCUT2D eigenvalue weighted by molar-refractivity contribution is 4.79. The summed E-state index contributed by atoms with van der Waals surface area (Å²) in [5.74, 6) is 0. The van der Waals surface area contributed by atoms with E-state index in [0.29, 0.717) is 13.0 Å². The Hall–Kier alpha value is -0.330. The Labute approximate surface area is 101 Å². The zero-order chi connectivity index (χ0) is 13.7. The molecule has 0 fully saturated rings. The molecule has 0 rings (SSSR count). The van der Waals surface area contributed by atoms with E-state index in [2.05, 4.69) is 0 Å². The number of rotatable bonds is 7. The van der Waals surface area contributed by atoms with Crippen LogP contribution < -0.4 is 0 Å². The van der Waals surface area contributed by atoms with Crippen molar-refractivity contribution in [2.24, 2.45) is 0 Å². The lowest BCUT2D eigenvalue weighted by Crippen LogP contribution is -2.40. The first kappa shape index (κ1) is 16.7. The van der Waals surface area contributed by atoms with Crippen molar-refractivity contribution in [1.29, 1.82) is 0 Å². The summed E-state index contributed by atoms with van der Waals surface area (Å²) in [6.07, 6.45) is -5.26. The number of aliphatic hydroxyl groups is 1. The summed E-state index contributed by atoms with van der Waals surface area (Å²) in [4.78, 5) is 1.56.